The number of amides is 1. The van der Waals surface area contributed by atoms with Crippen molar-refractivity contribution in [2.45, 2.75) is 0 Å². The molecule has 1 rings (SSSR count). The van der Waals surface area contributed by atoms with Gasteiger partial charge in [0.05, 0.1) is 6.54 Å². The highest BCUT2D eigenvalue weighted by Gasteiger charge is 2.09. The van der Waals surface area contributed by atoms with Crippen LogP contribution in [0.4, 0.5) is 4.39 Å². The van der Waals surface area contributed by atoms with Crippen LogP contribution in [0, 0.1) is 18.2 Å². The van der Waals surface area contributed by atoms with Crippen LogP contribution in [0.5, 0.6) is 0 Å². The molecule has 0 saturated heterocycles. The Morgan fingerprint density at radius 2 is 2.07 bits per heavy atom. The Hall–Kier alpha value is -1.82. The first-order valence-electron chi connectivity index (χ1n) is 4.09. The molecule has 0 aliphatic carbocycles. The van der Waals surface area contributed by atoms with Crippen LogP contribution in [0.3, 0.4) is 0 Å². The molecule has 0 unspecified atom stereocenters. The number of nitrogens with zero attached hydrogens (tertiary/aromatic N) is 1. The SMILES string of the molecule is C#CCN(C)C(=O)c1ccc(F)cc1. The first-order valence-corrected chi connectivity index (χ1v) is 4.09. The lowest BCUT2D eigenvalue weighted by molar-refractivity contribution is 0.0812. The molecule has 1 aromatic carbocycles. The minimum Gasteiger partial charge on any atom is -0.331 e. The molecule has 0 aliphatic rings. The van der Waals surface area contributed by atoms with Gasteiger partial charge >= 0.3 is 0 Å². The van der Waals surface area contributed by atoms with Crippen LogP contribution < -0.4 is 0 Å². The number of hydrogen-bond donors (Lipinski definition) is 0. The first kappa shape index (κ1) is 10.3. The van der Waals surface area contributed by atoms with Gasteiger partial charge in [-0.3, -0.25) is 4.79 Å². The number of benzene rings is 1. The van der Waals surface area contributed by atoms with Crippen LogP contribution in [0.15, 0.2) is 24.3 Å². The summed E-state index contributed by atoms with van der Waals surface area (Å²) in [5.41, 5.74) is 0.434. The van der Waals surface area contributed by atoms with E-state index in [2.05, 4.69) is 5.92 Å². The van der Waals surface area contributed by atoms with Crippen LogP contribution in [0.25, 0.3) is 0 Å². The minimum atomic E-state index is -0.360. The zero-order valence-electron chi connectivity index (χ0n) is 7.83. The van der Waals surface area contributed by atoms with E-state index < -0.39 is 0 Å². The van der Waals surface area contributed by atoms with Crippen molar-refractivity contribution >= 4 is 5.91 Å². The predicted molar refractivity (Wildman–Crippen MR) is 52.2 cm³/mol. The molecule has 0 heterocycles. The minimum absolute atomic E-state index is 0.206. The van der Waals surface area contributed by atoms with E-state index in [-0.39, 0.29) is 18.3 Å². The topological polar surface area (TPSA) is 20.3 Å². The molecule has 0 saturated carbocycles. The van der Waals surface area contributed by atoms with Crippen molar-refractivity contribution < 1.29 is 9.18 Å². The fourth-order valence-corrected chi connectivity index (χ4v) is 1.02. The Bertz CT molecular complexity index is 364. The van der Waals surface area contributed by atoms with Crippen molar-refractivity contribution in [1.29, 1.82) is 0 Å². The lowest BCUT2D eigenvalue weighted by atomic mass is 10.2. The first-order chi connectivity index (χ1) is 6.65. The summed E-state index contributed by atoms with van der Waals surface area (Å²) in [4.78, 5) is 12.9. The van der Waals surface area contributed by atoms with Crippen LogP contribution in [-0.2, 0) is 0 Å². The zero-order chi connectivity index (χ0) is 10.6. The number of halogens is 1. The second-order valence-corrected chi connectivity index (χ2v) is 2.87. The van der Waals surface area contributed by atoms with E-state index in [0.717, 1.165) is 0 Å². The van der Waals surface area contributed by atoms with Crippen LogP contribution in [0.2, 0.25) is 0 Å². The molecule has 14 heavy (non-hydrogen) atoms. The third-order valence-corrected chi connectivity index (χ3v) is 1.77. The van der Waals surface area contributed by atoms with Gasteiger partial charge in [-0.25, -0.2) is 4.39 Å². The van der Waals surface area contributed by atoms with Gasteiger partial charge in [0.1, 0.15) is 5.82 Å². The van der Waals surface area contributed by atoms with Crippen LogP contribution in [-0.4, -0.2) is 24.4 Å². The Kier molecular flexibility index (Phi) is 3.24. The second kappa shape index (κ2) is 4.43. The summed E-state index contributed by atoms with van der Waals surface area (Å²) in [5, 5.41) is 0. The largest absolute Gasteiger partial charge is 0.331 e. The van der Waals surface area contributed by atoms with Crippen LogP contribution >= 0.6 is 0 Å². The summed E-state index contributed by atoms with van der Waals surface area (Å²) in [7, 11) is 1.60. The highest BCUT2D eigenvalue weighted by molar-refractivity contribution is 5.94. The van der Waals surface area contributed by atoms with Crippen molar-refractivity contribution in [3.05, 3.63) is 35.6 Å². The third-order valence-electron chi connectivity index (χ3n) is 1.77. The van der Waals surface area contributed by atoms with Crippen molar-refractivity contribution in [2.24, 2.45) is 0 Å². The van der Waals surface area contributed by atoms with Crippen LogP contribution in [0.1, 0.15) is 10.4 Å². The Balaban J connectivity index is 2.80. The molecule has 1 amide bonds. The monoisotopic (exact) mass is 191 g/mol. The molecule has 3 heteroatoms. The molecule has 0 fully saturated rings. The van der Waals surface area contributed by atoms with E-state index in [0.29, 0.717) is 5.56 Å². The van der Waals surface area contributed by atoms with E-state index in [9.17, 15) is 9.18 Å². The number of carbonyl (C=O) groups is 1. The molecule has 0 N–H and O–H groups in total. The maximum Gasteiger partial charge on any atom is 0.254 e. The van der Waals surface area contributed by atoms with E-state index in [1.807, 2.05) is 0 Å². The van der Waals surface area contributed by atoms with Crippen molar-refractivity contribution in [3.63, 3.8) is 0 Å². The highest BCUT2D eigenvalue weighted by atomic mass is 19.1. The molecule has 0 radical (unpaired) electrons. The Labute approximate surface area is 82.3 Å². The van der Waals surface area contributed by atoms with Gasteiger partial charge in [-0.05, 0) is 24.3 Å². The molecule has 1 aromatic rings. The molecular weight excluding hydrogens is 181 g/mol. The number of hydrogen-bond acceptors (Lipinski definition) is 1. The van der Waals surface area contributed by atoms with E-state index in [1.165, 1.54) is 29.2 Å². The van der Waals surface area contributed by atoms with Gasteiger partial charge in [0.15, 0.2) is 0 Å². The average Bonchev–Trinajstić information content (AvgIpc) is 2.18. The number of rotatable bonds is 2. The van der Waals surface area contributed by atoms with Crippen molar-refractivity contribution in [2.75, 3.05) is 13.6 Å². The van der Waals surface area contributed by atoms with Gasteiger partial charge in [0.2, 0.25) is 0 Å². The zero-order valence-corrected chi connectivity index (χ0v) is 7.83. The lowest BCUT2D eigenvalue weighted by Crippen LogP contribution is -2.26. The van der Waals surface area contributed by atoms with E-state index in [4.69, 9.17) is 6.42 Å². The quantitative estimate of drug-likeness (QED) is 0.649. The summed E-state index contributed by atoms with van der Waals surface area (Å²) in [6, 6.07) is 5.36. The second-order valence-electron chi connectivity index (χ2n) is 2.87. The molecule has 0 spiro atoms. The average molecular weight is 191 g/mol. The maximum atomic E-state index is 12.5. The van der Waals surface area contributed by atoms with Crippen molar-refractivity contribution in [3.8, 4) is 12.3 Å². The summed E-state index contributed by atoms with van der Waals surface area (Å²) in [6.07, 6.45) is 5.07. The molecule has 0 atom stereocenters. The smallest absolute Gasteiger partial charge is 0.254 e. The molecule has 72 valence electrons. The van der Waals surface area contributed by atoms with Gasteiger partial charge in [0.25, 0.3) is 5.91 Å². The Morgan fingerprint density at radius 1 is 1.50 bits per heavy atom. The molecule has 0 aromatic heterocycles. The summed E-state index contributed by atoms with van der Waals surface area (Å²) < 4.78 is 12.5. The molecule has 0 aliphatic heterocycles. The van der Waals surface area contributed by atoms with Gasteiger partial charge in [-0.1, -0.05) is 5.92 Å². The van der Waals surface area contributed by atoms with Gasteiger partial charge in [0, 0.05) is 12.6 Å². The van der Waals surface area contributed by atoms with Gasteiger partial charge in [-0.15, -0.1) is 6.42 Å². The highest BCUT2D eigenvalue weighted by Crippen LogP contribution is 2.05. The number of terminal acetylenes is 1. The van der Waals surface area contributed by atoms with Gasteiger partial charge in [-0.2, -0.15) is 0 Å². The summed E-state index contributed by atoms with van der Waals surface area (Å²) >= 11 is 0. The molecular formula is C11H10FNO. The van der Waals surface area contributed by atoms with Crippen molar-refractivity contribution in [1.82, 2.24) is 4.90 Å². The third kappa shape index (κ3) is 2.33. The predicted octanol–water partition coefficient (Wildman–Crippen LogP) is 1.53. The number of carbonyl (C=O) groups excluding carboxylic acids is 1. The van der Waals surface area contributed by atoms with E-state index >= 15 is 0 Å². The lowest BCUT2D eigenvalue weighted by Gasteiger charge is -2.13. The fraction of sp³-hybridized carbons (Fsp3) is 0.182. The van der Waals surface area contributed by atoms with E-state index in [1.54, 1.807) is 7.05 Å². The fourth-order valence-electron chi connectivity index (χ4n) is 1.02. The normalized spacial score (nSPS) is 9.21. The Morgan fingerprint density at radius 3 is 2.57 bits per heavy atom. The maximum absolute atomic E-state index is 12.5. The molecule has 2 nitrogen and oxygen atoms in total. The summed E-state index contributed by atoms with van der Waals surface area (Å²) in [5.74, 6) is 1.79. The van der Waals surface area contributed by atoms with Gasteiger partial charge < -0.3 is 4.90 Å². The molecule has 0 bridgehead atoms. The standard InChI is InChI=1S/C11H10FNO/c1-3-8-13(2)11(14)9-4-6-10(12)7-5-9/h1,4-7H,8H2,2H3. The summed E-state index contributed by atoms with van der Waals surface area (Å²) in [6.45, 7) is 0.246.